The van der Waals surface area contributed by atoms with Crippen LogP contribution < -0.4 is 10.2 Å². The van der Waals surface area contributed by atoms with E-state index < -0.39 is 26.6 Å². The summed E-state index contributed by atoms with van der Waals surface area (Å²) in [7, 11) is 1.14. The largest absolute Gasteiger partial charge is 0.756 e. The third-order valence-electron chi connectivity index (χ3n) is 13.8. The molecule has 0 bridgehead atoms. The number of nitrogens with zero attached hydrogens (tertiary/aromatic N) is 1. The third kappa shape index (κ3) is 60.7. The Kier molecular flexibility index (Phi) is 57.4. The van der Waals surface area contributed by atoms with Gasteiger partial charge in [-0.15, -0.1) is 0 Å². The molecule has 0 radical (unpaired) electrons. The lowest BCUT2D eigenvalue weighted by Gasteiger charge is -2.30. The second-order valence-electron chi connectivity index (χ2n) is 22.9. The summed E-state index contributed by atoms with van der Waals surface area (Å²) >= 11 is 0. The van der Waals surface area contributed by atoms with Crippen LogP contribution >= 0.6 is 7.82 Å². The molecule has 1 N–H and O–H groups in total. The number of allylic oxidation sites excluding steroid dienone is 21. The molecule has 3 atom stereocenters. The van der Waals surface area contributed by atoms with E-state index >= 15 is 0 Å². The number of amides is 1. The summed E-state index contributed by atoms with van der Waals surface area (Å²) in [6, 6.07) is -0.918. The van der Waals surface area contributed by atoms with Crippen molar-refractivity contribution in [3.63, 3.8) is 0 Å². The van der Waals surface area contributed by atoms with Crippen molar-refractivity contribution in [1.82, 2.24) is 5.32 Å². The highest BCUT2D eigenvalue weighted by Gasteiger charge is 2.27. The van der Waals surface area contributed by atoms with Gasteiger partial charge in [0.2, 0.25) is 5.91 Å². The Morgan fingerprint density at radius 2 is 0.780 bits per heavy atom. The number of unbranched alkanes of at least 4 members (excludes halogenated alkanes) is 22. The highest BCUT2D eigenvalue weighted by atomic mass is 31.2. The van der Waals surface area contributed by atoms with E-state index in [1.807, 2.05) is 33.3 Å². The van der Waals surface area contributed by atoms with Gasteiger partial charge in [0.15, 0.2) is 0 Å². The lowest BCUT2D eigenvalue weighted by molar-refractivity contribution is -0.870. The van der Waals surface area contributed by atoms with Gasteiger partial charge in [0, 0.05) is 12.8 Å². The van der Waals surface area contributed by atoms with Crippen molar-refractivity contribution < 1.29 is 37.3 Å². The predicted octanol–water partition coefficient (Wildman–Crippen LogP) is 20.2. The summed E-state index contributed by atoms with van der Waals surface area (Å²) in [4.78, 5) is 40.1. The van der Waals surface area contributed by atoms with Gasteiger partial charge in [0.25, 0.3) is 7.82 Å². The molecule has 9 nitrogen and oxygen atoms in total. The van der Waals surface area contributed by atoms with E-state index in [0.29, 0.717) is 23.9 Å². The molecule has 0 aromatic rings. The molecule has 0 saturated heterocycles. The van der Waals surface area contributed by atoms with Gasteiger partial charge >= 0.3 is 5.97 Å². The first-order valence-corrected chi connectivity index (χ1v) is 34.5. The van der Waals surface area contributed by atoms with Crippen LogP contribution in [0.3, 0.4) is 0 Å². The Hall–Kier alpha value is -3.85. The van der Waals surface area contributed by atoms with Crippen molar-refractivity contribution in [3.8, 4) is 0 Å². The number of ether oxygens (including phenoxy) is 1. The number of phosphoric acid groups is 1. The second kappa shape index (κ2) is 60.3. The maximum atomic E-state index is 13.5. The van der Waals surface area contributed by atoms with Gasteiger partial charge in [-0.1, -0.05) is 258 Å². The van der Waals surface area contributed by atoms with Crippen molar-refractivity contribution in [2.75, 3.05) is 40.9 Å². The smallest absolute Gasteiger partial charge is 0.306 e. The number of hydrogen-bond donors (Lipinski definition) is 1. The van der Waals surface area contributed by atoms with Gasteiger partial charge in [0.05, 0.1) is 33.8 Å². The number of carbonyl (C=O) groups is 2. The number of likely N-dealkylation sites (N-methyl/N-ethyl adjacent to an activating group) is 1. The van der Waals surface area contributed by atoms with E-state index in [1.54, 1.807) is 0 Å². The van der Waals surface area contributed by atoms with E-state index in [4.69, 9.17) is 13.8 Å². The monoisotopic (exact) mass is 1160 g/mol. The summed E-state index contributed by atoms with van der Waals surface area (Å²) in [5.41, 5.74) is 0. The van der Waals surface area contributed by atoms with Crippen molar-refractivity contribution in [3.05, 3.63) is 134 Å². The van der Waals surface area contributed by atoms with Gasteiger partial charge in [-0.3, -0.25) is 14.2 Å². The summed E-state index contributed by atoms with van der Waals surface area (Å²) in [6.45, 7) is 6.58. The number of rotatable bonds is 58. The molecule has 0 aromatic heterocycles. The first-order chi connectivity index (χ1) is 39.9. The van der Waals surface area contributed by atoms with E-state index in [9.17, 15) is 19.0 Å². The summed E-state index contributed by atoms with van der Waals surface area (Å²) < 4.78 is 30.3. The van der Waals surface area contributed by atoms with E-state index in [1.165, 1.54) is 83.5 Å². The molecule has 3 unspecified atom stereocenters. The van der Waals surface area contributed by atoms with E-state index in [-0.39, 0.29) is 31.3 Å². The normalized spacial score (nSPS) is 14.5. The van der Waals surface area contributed by atoms with Crippen LogP contribution in [-0.4, -0.2) is 69.4 Å². The average molecular weight is 1160 g/mol. The summed E-state index contributed by atoms with van der Waals surface area (Å²) in [5.74, 6) is -0.594. The molecule has 10 heteroatoms. The Labute approximate surface area is 505 Å². The first kappa shape index (κ1) is 78.1. The molecular weight excluding hydrogens is 1040 g/mol. The lowest BCUT2D eigenvalue weighted by atomic mass is 10.0. The van der Waals surface area contributed by atoms with Crippen LogP contribution in [-0.2, 0) is 27.9 Å². The summed E-state index contributed by atoms with van der Waals surface area (Å²) in [6.07, 6.45) is 85.7. The highest BCUT2D eigenvalue weighted by Crippen LogP contribution is 2.38. The fourth-order valence-corrected chi connectivity index (χ4v) is 9.53. The fourth-order valence-electron chi connectivity index (χ4n) is 8.81. The molecular formula is C72H123N2O7P. The van der Waals surface area contributed by atoms with Crippen LogP contribution in [0.1, 0.15) is 258 Å². The van der Waals surface area contributed by atoms with Crippen molar-refractivity contribution in [1.29, 1.82) is 0 Å². The van der Waals surface area contributed by atoms with Gasteiger partial charge in [0.1, 0.15) is 19.3 Å². The Balaban J connectivity index is 5.22. The number of esters is 1. The van der Waals surface area contributed by atoms with Crippen LogP contribution in [0.25, 0.3) is 0 Å². The number of nitrogens with one attached hydrogen (secondary N) is 1. The Morgan fingerprint density at radius 3 is 1.18 bits per heavy atom. The average Bonchev–Trinajstić information content (AvgIpc) is 3.45. The minimum atomic E-state index is -4.72. The standard InChI is InChI=1S/C72H123N2O7P/c1-7-10-13-16-19-22-25-28-30-32-33-34-35-36-37-38-39-40-41-42-44-47-50-53-56-59-62-65-72(76)81-70(63-60-57-54-51-48-45-27-24-21-18-15-12-9-3)69(68-80-82(77,78)79-67-66-74(4,5)6)73-71(75)64-61-58-55-52-49-46-43-31-29-26-23-20-17-14-11-8-2/h10-11,13-14,19-20,22-23,28-31,33-34,36-37,39-40,46,49,60,63,69-70H,7-9,12,15-18,21,24-27,32,35,38,41-45,47-48,50-59,61-62,64-68H2,1-6H3,(H-,73,75,77,78)/b13-10-,14-11+,22-19-,23-20+,30-28-,31-29+,34-33-,37-36-,40-39-,49-46+,63-60-. The van der Waals surface area contributed by atoms with Gasteiger partial charge in [-0.05, 0) is 122 Å². The van der Waals surface area contributed by atoms with Gasteiger partial charge < -0.3 is 28.5 Å². The first-order valence-electron chi connectivity index (χ1n) is 33.0. The maximum Gasteiger partial charge on any atom is 0.306 e. The van der Waals surface area contributed by atoms with Crippen LogP contribution in [0.5, 0.6) is 0 Å². The zero-order valence-electron chi connectivity index (χ0n) is 53.4. The Bertz CT molecular complexity index is 1860. The number of carbonyl (C=O) groups excluding carboxylic acids is 2. The molecule has 0 heterocycles. The predicted molar refractivity (Wildman–Crippen MR) is 353 cm³/mol. The third-order valence-corrected chi connectivity index (χ3v) is 14.8. The molecule has 1 amide bonds. The quantitative estimate of drug-likeness (QED) is 0.0212. The molecule has 0 spiro atoms. The molecule has 0 aliphatic rings. The topological polar surface area (TPSA) is 114 Å². The summed E-state index contributed by atoms with van der Waals surface area (Å²) in [5, 5.41) is 3.01. The SMILES string of the molecule is CC/C=C\C/C=C\C/C=C\C/C=C\C/C=C\C/C=C\CCCCCCCCCCC(=O)OC(/C=C\CCCCCCCCCCCCC)C(COP(=O)([O-])OCC[N+](C)(C)C)NC(=O)CCCCC/C=C/C/C=C/C/C=C/C/C=C/CC. The maximum absolute atomic E-state index is 13.5. The number of quaternary nitrogens is 1. The molecule has 0 fully saturated rings. The van der Waals surface area contributed by atoms with Gasteiger partial charge in [-0.25, -0.2) is 0 Å². The van der Waals surface area contributed by atoms with Crippen molar-refractivity contribution in [2.24, 2.45) is 0 Å². The molecule has 0 saturated carbocycles. The fraction of sp³-hybridized carbons (Fsp3) is 0.667. The van der Waals surface area contributed by atoms with Crippen LogP contribution in [0, 0.1) is 0 Å². The zero-order valence-corrected chi connectivity index (χ0v) is 54.3. The highest BCUT2D eigenvalue weighted by molar-refractivity contribution is 7.45. The minimum Gasteiger partial charge on any atom is -0.756 e. The molecule has 0 aliphatic carbocycles. The molecule has 468 valence electrons. The number of hydrogen-bond acceptors (Lipinski definition) is 7. The van der Waals surface area contributed by atoms with Crippen molar-refractivity contribution >= 4 is 19.7 Å². The van der Waals surface area contributed by atoms with Crippen LogP contribution in [0.2, 0.25) is 0 Å². The molecule has 0 rings (SSSR count). The van der Waals surface area contributed by atoms with Crippen molar-refractivity contribution in [2.45, 2.75) is 270 Å². The van der Waals surface area contributed by atoms with Crippen LogP contribution in [0.15, 0.2) is 134 Å². The zero-order chi connectivity index (χ0) is 60.0. The molecule has 0 aromatic carbocycles. The van der Waals surface area contributed by atoms with E-state index in [0.717, 1.165) is 128 Å². The Morgan fingerprint density at radius 1 is 0.439 bits per heavy atom. The van der Waals surface area contributed by atoms with Gasteiger partial charge in [-0.2, -0.15) is 0 Å². The lowest BCUT2D eigenvalue weighted by Crippen LogP contribution is -2.47. The second-order valence-corrected chi connectivity index (χ2v) is 24.3. The molecule has 0 aliphatic heterocycles. The number of phosphoric ester groups is 1. The molecule has 82 heavy (non-hydrogen) atoms. The van der Waals surface area contributed by atoms with E-state index in [2.05, 4.69) is 148 Å². The minimum absolute atomic E-state index is 0.0371. The van der Waals surface area contributed by atoms with Crippen LogP contribution in [0.4, 0.5) is 0 Å².